The van der Waals surface area contributed by atoms with Gasteiger partial charge in [-0.05, 0) is 57.5 Å². The first-order valence-electron chi connectivity index (χ1n) is 10.4. The Morgan fingerprint density at radius 2 is 1.81 bits per heavy atom. The molecular formula is C24H29N2O3PS. The molecule has 0 bridgehead atoms. The van der Waals surface area contributed by atoms with Gasteiger partial charge in [0.1, 0.15) is 11.5 Å². The van der Waals surface area contributed by atoms with E-state index in [0.29, 0.717) is 13.0 Å². The van der Waals surface area contributed by atoms with E-state index in [2.05, 4.69) is 62.7 Å². The molecule has 0 aliphatic carbocycles. The third kappa shape index (κ3) is 5.61. The molecule has 0 saturated heterocycles. The minimum Gasteiger partial charge on any atom is -0.496 e. The molecule has 164 valence electrons. The minimum absolute atomic E-state index is 0.228. The number of methoxy groups -OCH3 is 1. The molecule has 5 nitrogen and oxygen atoms in total. The molecule has 0 N–H and O–H groups in total. The Hall–Kier alpha value is -2.03. The third-order valence-electron chi connectivity index (χ3n) is 4.72. The fourth-order valence-corrected chi connectivity index (χ4v) is 6.18. The van der Waals surface area contributed by atoms with Crippen LogP contribution in [0.5, 0.6) is 5.75 Å². The number of hydrogen-bond donors (Lipinski definition) is 0. The molecule has 1 aliphatic rings. The first-order valence-corrected chi connectivity index (χ1v) is 12.3. The number of ether oxygens (including phenoxy) is 1. The fourth-order valence-electron chi connectivity index (χ4n) is 3.44. The van der Waals surface area contributed by atoms with Crippen LogP contribution in [-0.4, -0.2) is 30.5 Å². The Morgan fingerprint density at radius 3 is 2.48 bits per heavy atom. The van der Waals surface area contributed by atoms with Crippen LogP contribution in [0.15, 0.2) is 52.3 Å². The molecule has 0 spiro atoms. The average molecular weight is 457 g/mol. The van der Waals surface area contributed by atoms with E-state index in [1.54, 1.807) is 18.9 Å². The predicted octanol–water partition coefficient (Wildman–Crippen LogP) is 6.95. The maximum Gasteiger partial charge on any atom is 0.321 e. The molecule has 0 radical (unpaired) electrons. The molecule has 1 atom stereocenters. The number of benzene rings is 2. The van der Waals surface area contributed by atoms with E-state index in [1.807, 2.05) is 24.3 Å². The van der Waals surface area contributed by atoms with Crippen LogP contribution in [0.2, 0.25) is 0 Å². The molecule has 2 aromatic rings. The second-order valence-corrected chi connectivity index (χ2v) is 10.1. The molecule has 1 aliphatic heterocycles. The molecule has 2 aromatic carbocycles. The van der Waals surface area contributed by atoms with Crippen molar-refractivity contribution in [3.05, 3.63) is 53.6 Å². The summed E-state index contributed by atoms with van der Waals surface area (Å²) in [5, 5.41) is 8.99. The molecular weight excluding hydrogens is 427 g/mol. The van der Waals surface area contributed by atoms with Crippen molar-refractivity contribution in [1.29, 1.82) is 5.26 Å². The zero-order chi connectivity index (χ0) is 22.4. The zero-order valence-electron chi connectivity index (χ0n) is 18.7. The molecule has 1 unspecified atom stereocenters. The highest BCUT2D eigenvalue weighted by atomic mass is 32.2. The van der Waals surface area contributed by atoms with Crippen molar-refractivity contribution < 1.29 is 13.8 Å². The largest absolute Gasteiger partial charge is 0.496 e. The van der Waals surface area contributed by atoms with E-state index in [4.69, 9.17) is 19.0 Å². The van der Waals surface area contributed by atoms with Crippen LogP contribution >= 0.6 is 20.3 Å². The van der Waals surface area contributed by atoms with E-state index < -0.39 is 8.53 Å². The summed E-state index contributed by atoms with van der Waals surface area (Å²) in [5.41, 5.74) is 2.07. The summed E-state index contributed by atoms with van der Waals surface area (Å²) < 4.78 is 20.7. The molecule has 0 aromatic heterocycles. The van der Waals surface area contributed by atoms with Crippen molar-refractivity contribution in [2.75, 3.05) is 13.7 Å². The van der Waals surface area contributed by atoms with Gasteiger partial charge in [0, 0.05) is 22.5 Å². The van der Waals surface area contributed by atoms with Crippen molar-refractivity contribution in [3.63, 3.8) is 0 Å². The average Bonchev–Trinajstić information content (AvgIpc) is 2.89. The summed E-state index contributed by atoms with van der Waals surface area (Å²) in [6.45, 7) is 8.87. The number of nitrogens with zero attached hydrogens (tertiary/aromatic N) is 2. The monoisotopic (exact) mass is 456 g/mol. The molecule has 0 amide bonds. The summed E-state index contributed by atoms with van der Waals surface area (Å²) >= 11 is 1.68. The van der Waals surface area contributed by atoms with Gasteiger partial charge in [-0.15, -0.1) is 0 Å². The normalized spacial score (nSPS) is 13.8. The summed E-state index contributed by atoms with van der Waals surface area (Å²) in [6.07, 6.45) is 2.41. The summed E-state index contributed by atoms with van der Waals surface area (Å²) in [4.78, 5) is 2.17. The molecule has 0 fully saturated rings. The fraction of sp³-hybridized carbons (Fsp3) is 0.375. The first-order chi connectivity index (χ1) is 15.0. The topological polar surface area (TPSA) is 54.7 Å². The standard InChI is InChI=1S/C24H29N2O3PS/c1-17(2)26(18(3)4)30(28-15-9-14-25)29-22-16-19-10-6-7-13-23(19)31-24-20(22)11-8-12-21(24)27-5/h6-8,10-13,16-18H,9,15H2,1-5H3. The van der Waals surface area contributed by atoms with Crippen LogP contribution in [0, 0.1) is 11.3 Å². The second kappa shape index (κ2) is 11.0. The van der Waals surface area contributed by atoms with E-state index >= 15 is 0 Å². The van der Waals surface area contributed by atoms with Gasteiger partial charge in [0.05, 0.1) is 31.1 Å². The Kier molecular flexibility index (Phi) is 8.40. The quantitative estimate of drug-likeness (QED) is 0.301. The highest BCUT2D eigenvalue weighted by Gasteiger charge is 2.31. The highest BCUT2D eigenvalue weighted by molar-refractivity contribution is 7.99. The summed E-state index contributed by atoms with van der Waals surface area (Å²) in [5.74, 6) is 1.56. The maximum atomic E-state index is 8.99. The Balaban J connectivity index is 2.07. The Labute approximate surface area is 191 Å². The van der Waals surface area contributed by atoms with Crippen LogP contribution < -0.4 is 4.74 Å². The molecule has 1 heterocycles. The van der Waals surface area contributed by atoms with Crippen LogP contribution in [0.3, 0.4) is 0 Å². The maximum absolute atomic E-state index is 8.99. The predicted molar refractivity (Wildman–Crippen MR) is 128 cm³/mol. The van der Waals surface area contributed by atoms with Gasteiger partial charge in [0.15, 0.2) is 0 Å². The van der Waals surface area contributed by atoms with Crippen LogP contribution in [0.1, 0.15) is 45.2 Å². The molecule has 0 saturated carbocycles. The van der Waals surface area contributed by atoms with Gasteiger partial charge in [-0.3, -0.25) is 0 Å². The second-order valence-electron chi connectivity index (χ2n) is 7.62. The number of rotatable bonds is 9. The van der Waals surface area contributed by atoms with Crippen molar-refractivity contribution >= 4 is 32.1 Å². The number of fused-ring (bicyclic) bond motifs is 2. The Morgan fingerprint density at radius 1 is 1.06 bits per heavy atom. The molecule has 31 heavy (non-hydrogen) atoms. The third-order valence-corrected chi connectivity index (χ3v) is 7.99. The van der Waals surface area contributed by atoms with Gasteiger partial charge in [-0.25, -0.2) is 4.67 Å². The molecule has 7 heteroatoms. The van der Waals surface area contributed by atoms with Gasteiger partial charge < -0.3 is 13.8 Å². The lowest BCUT2D eigenvalue weighted by Gasteiger charge is -2.35. The number of hydrogen-bond acceptors (Lipinski definition) is 6. The lowest BCUT2D eigenvalue weighted by molar-refractivity contribution is 0.213. The van der Waals surface area contributed by atoms with Crippen LogP contribution in [-0.2, 0) is 9.05 Å². The van der Waals surface area contributed by atoms with Crippen LogP contribution in [0.25, 0.3) is 11.8 Å². The van der Waals surface area contributed by atoms with Gasteiger partial charge in [0.25, 0.3) is 0 Å². The summed E-state index contributed by atoms with van der Waals surface area (Å²) in [7, 11) is 0.276. The SMILES string of the molecule is COc1cccc2c1Sc1ccccc1C=C2OP(OCCC#N)N(C(C)C)C(C)C. The van der Waals surface area contributed by atoms with Gasteiger partial charge in [-0.2, -0.15) is 5.26 Å². The lowest BCUT2D eigenvalue weighted by Crippen LogP contribution is -2.33. The Bertz CT molecular complexity index is 964. The van der Waals surface area contributed by atoms with E-state index in [1.165, 1.54) is 0 Å². The first kappa shape index (κ1) is 23.6. The van der Waals surface area contributed by atoms with Crippen LogP contribution in [0.4, 0.5) is 0 Å². The summed E-state index contributed by atoms with van der Waals surface area (Å²) in [6, 6.07) is 16.9. The van der Waals surface area contributed by atoms with Crippen molar-refractivity contribution in [2.24, 2.45) is 0 Å². The van der Waals surface area contributed by atoms with E-state index in [9.17, 15) is 0 Å². The van der Waals surface area contributed by atoms with Crippen molar-refractivity contribution in [1.82, 2.24) is 4.67 Å². The van der Waals surface area contributed by atoms with E-state index in [0.717, 1.165) is 32.4 Å². The number of nitriles is 1. The molecule has 3 rings (SSSR count). The minimum atomic E-state index is -1.41. The smallest absolute Gasteiger partial charge is 0.321 e. The van der Waals surface area contributed by atoms with Gasteiger partial charge in [-0.1, -0.05) is 36.0 Å². The lowest BCUT2D eigenvalue weighted by atomic mass is 10.1. The zero-order valence-corrected chi connectivity index (χ0v) is 20.4. The van der Waals surface area contributed by atoms with Gasteiger partial charge >= 0.3 is 8.53 Å². The van der Waals surface area contributed by atoms with E-state index in [-0.39, 0.29) is 12.1 Å². The van der Waals surface area contributed by atoms with Gasteiger partial charge in [0.2, 0.25) is 0 Å². The van der Waals surface area contributed by atoms with Crippen molar-refractivity contribution in [3.8, 4) is 11.8 Å². The van der Waals surface area contributed by atoms with Crippen molar-refractivity contribution in [2.45, 2.75) is 56.0 Å². The highest BCUT2D eigenvalue weighted by Crippen LogP contribution is 2.53.